The van der Waals surface area contributed by atoms with Crippen molar-refractivity contribution in [1.29, 1.82) is 0 Å². The monoisotopic (exact) mass is 319 g/mol. The number of rotatable bonds is 5. The van der Waals surface area contributed by atoms with E-state index in [1.165, 1.54) is 24.3 Å². The Morgan fingerprint density at radius 1 is 1.13 bits per heavy atom. The summed E-state index contributed by atoms with van der Waals surface area (Å²) in [4.78, 5) is 26.4. The van der Waals surface area contributed by atoms with Gasteiger partial charge in [-0.25, -0.2) is 9.18 Å². The molecule has 0 atom stereocenters. The SMILES string of the molecule is CC(C)CN(CC(C)C)C(=O)c1cc2cc(F)ccc2c(=O)o1. The number of halogens is 1. The van der Waals surface area contributed by atoms with E-state index in [-0.39, 0.29) is 17.1 Å². The van der Waals surface area contributed by atoms with Crippen molar-refractivity contribution in [3.05, 3.63) is 46.3 Å². The third-order valence-electron chi connectivity index (χ3n) is 3.39. The van der Waals surface area contributed by atoms with Gasteiger partial charge in [0.25, 0.3) is 5.91 Å². The van der Waals surface area contributed by atoms with E-state index in [9.17, 15) is 14.0 Å². The van der Waals surface area contributed by atoms with E-state index in [0.717, 1.165) is 0 Å². The molecule has 0 N–H and O–H groups in total. The third-order valence-corrected chi connectivity index (χ3v) is 3.39. The average molecular weight is 319 g/mol. The van der Waals surface area contributed by atoms with Gasteiger partial charge in [0.2, 0.25) is 0 Å². The molecular weight excluding hydrogens is 297 g/mol. The fourth-order valence-corrected chi connectivity index (χ4v) is 2.55. The smallest absolute Gasteiger partial charge is 0.344 e. The van der Waals surface area contributed by atoms with Crippen molar-refractivity contribution in [2.24, 2.45) is 11.8 Å². The molecule has 0 unspecified atom stereocenters. The van der Waals surface area contributed by atoms with Crippen LogP contribution < -0.4 is 5.63 Å². The number of hydrogen-bond acceptors (Lipinski definition) is 3. The number of nitrogens with zero attached hydrogens (tertiary/aromatic N) is 1. The van der Waals surface area contributed by atoms with Crippen LogP contribution in [0.4, 0.5) is 4.39 Å². The van der Waals surface area contributed by atoms with Crippen LogP contribution in [0.15, 0.2) is 33.5 Å². The Balaban J connectivity index is 2.43. The van der Waals surface area contributed by atoms with Gasteiger partial charge in [0.15, 0.2) is 5.76 Å². The molecule has 2 rings (SSSR count). The lowest BCUT2D eigenvalue weighted by Crippen LogP contribution is -2.37. The highest BCUT2D eigenvalue weighted by atomic mass is 19.1. The second-order valence-electron chi connectivity index (χ2n) is 6.63. The van der Waals surface area contributed by atoms with Gasteiger partial charge in [0.1, 0.15) is 5.82 Å². The van der Waals surface area contributed by atoms with Gasteiger partial charge >= 0.3 is 5.63 Å². The van der Waals surface area contributed by atoms with Crippen LogP contribution in [0.25, 0.3) is 10.8 Å². The van der Waals surface area contributed by atoms with Crippen LogP contribution in [0.3, 0.4) is 0 Å². The number of amides is 1. The zero-order chi connectivity index (χ0) is 17.1. The summed E-state index contributed by atoms with van der Waals surface area (Å²) in [6.45, 7) is 9.22. The predicted molar refractivity (Wildman–Crippen MR) is 88.0 cm³/mol. The Morgan fingerprint density at radius 2 is 1.74 bits per heavy atom. The maximum absolute atomic E-state index is 13.4. The van der Waals surface area contributed by atoms with Crippen molar-refractivity contribution < 1.29 is 13.6 Å². The number of benzene rings is 1. The van der Waals surface area contributed by atoms with Gasteiger partial charge in [-0.05, 0) is 41.5 Å². The molecule has 23 heavy (non-hydrogen) atoms. The summed E-state index contributed by atoms with van der Waals surface area (Å²) < 4.78 is 18.5. The maximum atomic E-state index is 13.4. The number of hydrogen-bond donors (Lipinski definition) is 0. The molecule has 0 radical (unpaired) electrons. The first kappa shape index (κ1) is 17.2. The Hall–Kier alpha value is -2.17. The molecule has 0 aliphatic carbocycles. The molecule has 124 valence electrons. The van der Waals surface area contributed by atoms with Gasteiger partial charge in [-0.1, -0.05) is 27.7 Å². The molecule has 0 aliphatic heterocycles. The first-order valence-electron chi connectivity index (χ1n) is 7.80. The van der Waals surface area contributed by atoms with Crippen LogP contribution in [-0.2, 0) is 0 Å². The molecule has 1 amide bonds. The van der Waals surface area contributed by atoms with Gasteiger partial charge in [0.05, 0.1) is 5.39 Å². The summed E-state index contributed by atoms with van der Waals surface area (Å²) in [6.07, 6.45) is 0. The molecule has 1 aromatic carbocycles. The summed E-state index contributed by atoms with van der Waals surface area (Å²) in [5, 5.41) is 0.640. The van der Waals surface area contributed by atoms with E-state index >= 15 is 0 Å². The van der Waals surface area contributed by atoms with E-state index in [1.807, 2.05) is 27.7 Å². The van der Waals surface area contributed by atoms with Crippen LogP contribution in [0.1, 0.15) is 38.2 Å². The van der Waals surface area contributed by atoms with Gasteiger partial charge in [-0.2, -0.15) is 0 Å². The molecule has 1 aromatic heterocycles. The van der Waals surface area contributed by atoms with Crippen LogP contribution in [-0.4, -0.2) is 23.9 Å². The van der Waals surface area contributed by atoms with Crippen molar-refractivity contribution in [1.82, 2.24) is 4.90 Å². The molecule has 4 nitrogen and oxygen atoms in total. The Kier molecular flexibility index (Phi) is 5.19. The van der Waals surface area contributed by atoms with E-state index < -0.39 is 11.4 Å². The normalized spacial score (nSPS) is 11.4. The minimum atomic E-state index is -0.625. The van der Waals surface area contributed by atoms with Crippen LogP contribution in [0.2, 0.25) is 0 Å². The number of carbonyl (C=O) groups is 1. The highest BCUT2D eigenvalue weighted by molar-refractivity contribution is 5.95. The highest BCUT2D eigenvalue weighted by Gasteiger charge is 2.21. The predicted octanol–water partition coefficient (Wildman–Crippen LogP) is 3.69. The largest absolute Gasteiger partial charge is 0.417 e. The van der Waals surface area contributed by atoms with Crippen LogP contribution in [0, 0.1) is 17.7 Å². The second kappa shape index (κ2) is 6.94. The zero-order valence-electron chi connectivity index (χ0n) is 13.9. The summed E-state index contributed by atoms with van der Waals surface area (Å²) in [6, 6.07) is 5.24. The molecule has 0 saturated heterocycles. The number of fused-ring (bicyclic) bond motifs is 1. The standard InChI is InChI=1S/C18H22FNO3/c1-11(2)9-20(10-12(3)4)17(21)16-8-13-7-14(19)5-6-15(13)18(22)23-16/h5-8,11-12H,9-10H2,1-4H3. The average Bonchev–Trinajstić information content (AvgIpc) is 2.44. The molecular formula is C18H22FNO3. The van der Waals surface area contributed by atoms with Crippen molar-refractivity contribution >= 4 is 16.7 Å². The lowest BCUT2D eigenvalue weighted by atomic mass is 10.1. The summed E-state index contributed by atoms with van der Waals surface area (Å²) >= 11 is 0. The van der Waals surface area contributed by atoms with Gasteiger partial charge in [-0.15, -0.1) is 0 Å². The van der Waals surface area contributed by atoms with E-state index in [0.29, 0.717) is 30.3 Å². The Bertz CT molecular complexity index is 754. The van der Waals surface area contributed by atoms with E-state index in [1.54, 1.807) is 4.90 Å². The first-order valence-corrected chi connectivity index (χ1v) is 7.80. The maximum Gasteiger partial charge on any atom is 0.344 e. The second-order valence-corrected chi connectivity index (χ2v) is 6.63. The van der Waals surface area contributed by atoms with Gasteiger partial charge in [-0.3, -0.25) is 4.79 Å². The molecule has 0 spiro atoms. The minimum Gasteiger partial charge on any atom is -0.417 e. The summed E-state index contributed by atoms with van der Waals surface area (Å²) in [7, 11) is 0. The molecule has 5 heteroatoms. The molecule has 2 aromatic rings. The van der Waals surface area contributed by atoms with Crippen molar-refractivity contribution in [3.8, 4) is 0 Å². The third kappa shape index (κ3) is 4.18. The van der Waals surface area contributed by atoms with Gasteiger partial charge < -0.3 is 9.32 Å². The molecule has 0 aliphatic rings. The van der Waals surface area contributed by atoms with Crippen molar-refractivity contribution in [3.63, 3.8) is 0 Å². The Labute approximate surface area is 134 Å². The number of carbonyl (C=O) groups excluding carboxylic acids is 1. The van der Waals surface area contributed by atoms with Crippen molar-refractivity contribution in [2.45, 2.75) is 27.7 Å². The fourth-order valence-electron chi connectivity index (χ4n) is 2.55. The van der Waals surface area contributed by atoms with Crippen LogP contribution >= 0.6 is 0 Å². The molecule has 0 fully saturated rings. The molecule has 1 heterocycles. The van der Waals surface area contributed by atoms with E-state index in [2.05, 4.69) is 0 Å². The fraction of sp³-hybridized carbons (Fsp3) is 0.444. The topological polar surface area (TPSA) is 50.5 Å². The Morgan fingerprint density at radius 3 is 2.30 bits per heavy atom. The zero-order valence-corrected chi connectivity index (χ0v) is 13.9. The lowest BCUT2D eigenvalue weighted by molar-refractivity contribution is 0.0678. The molecule has 0 bridgehead atoms. The quantitative estimate of drug-likeness (QED) is 0.844. The highest BCUT2D eigenvalue weighted by Crippen LogP contribution is 2.16. The van der Waals surface area contributed by atoms with Crippen molar-refractivity contribution in [2.75, 3.05) is 13.1 Å². The van der Waals surface area contributed by atoms with E-state index in [4.69, 9.17) is 4.42 Å². The lowest BCUT2D eigenvalue weighted by Gasteiger charge is -2.25. The first-order chi connectivity index (χ1) is 10.8. The summed E-state index contributed by atoms with van der Waals surface area (Å²) in [5.41, 5.74) is -0.625. The summed E-state index contributed by atoms with van der Waals surface area (Å²) in [5.74, 6) is -0.252. The minimum absolute atomic E-state index is 0.0469. The molecule has 0 saturated carbocycles. The van der Waals surface area contributed by atoms with Crippen LogP contribution in [0.5, 0.6) is 0 Å². The van der Waals surface area contributed by atoms with Gasteiger partial charge in [0, 0.05) is 13.1 Å².